The molecule has 0 aliphatic heterocycles. The van der Waals surface area contributed by atoms with Crippen molar-refractivity contribution in [3.8, 4) is 22.9 Å². The molecule has 0 spiro atoms. The first-order valence-electron chi connectivity index (χ1n) is 11.8. The quantitative estimate of drug-likeness (QED) is 0.242. The number of amides is 2. The zero-order chi connectivity index (χ0) is 32.4. The van der Waals surface area contributed by atoms with Crippen LogP contribution in [0.5, 0.6) is 11.8 Å². The molecule has 0 bridgehead atoms. The predicted octanol–water partition coefficient (Wildman–Crippen LogP) is 4.92. The van der Waals surface area contributed by atoms with Crippen molar-refractivity contribution < 1.29 is 43.8 Å². The van der Waals surface area contributed by atoms with Crippen LogP contribution < -0.4 is 20.9 Å². The average molecular weight is 673 g/mol. The second kappa shape index (κ2) is 12.2. The Hall–Kier alpha value is -4.52. The maximum Gasteiger partial charge on any atom is 0.416 e. The summed E-state index contributed by atoms with van der Waals surface area (Å²) >= 11 is 5.99. The fourth-order valence-electron chi connectivity index (χ4n) is 3.58. The number of hydroxylamine groups is 1. The molecule has 2 amide bonds. The number of carbonyl (C=O) groups is 1. The third-order valence-electron chi connectivity index (χ3n) is 5.45. The highest BCUT2D eigenvalue weighted by molar-refractivity contribution is 7.90. The lowest BCUT2D eigenvalue weighted by Gasteiger charge is -2.21. The number of alkyl halides is 3. The number of benzene rings is 2. The lowest BCUT2D eigenvalue weighted by molar-refractivity contribution is -0.137. The van der Waals surface area contributed by atoms with E-state index in [0.29, 0.717) is 46.9 Å². The zero-order valence-electron chi connectivity index (χ0n) is 22.4. The molecule has 0 aliphatic rings. The van der Waals surface area contributed by atoms with Gasteiger partial charge in [0.05, 0.1) is 39.8 Å². The summed E-state index contributed by atoms with van der Waals surface area (Å²) in [5, 5.41) is 2.44. The van der Waals surface area contributed by atoms with Crippen molar-refractivity contribution in [2.24, 2.45) is 0 Å². The molecule has 0 radical (unpaired) electrons. The van der Waals surface area contributed by atoms with Crippen LogP contribution >= 0.6 is 11.6 Å². The van der Waals surface area contributed by atoms with Crippen LogP contribution in [0.25, 0.3) is 11.1 Å². The Kier molecular flexibility index (Phi) is 9.00. The van der Waals surface area contributed by atoms with Crippen LogP contribution in [0, 0.1) is 0 Å². The van der Waals surface area contributed by atoms with Crippen molar-refractivity contribution in [1.82, 2.24) is 15.0 Å². The molecule has 19 heteroatoms. The maximum absolute atomic E-state index is 13.3. The predicted molar refractivity (Wildman–Crippen MR) is 153 cm³/mol. The lowest BCUT2D eigenvalue weighted by atomic mass is 10.1. The molecule has 0 atom stereocenters. The molecule has 3 N–H and O–H groups in total. The Bertz CT molecular complexity index is 1930. The fourth-order valence-corrected chi connectivity index (χ4v) is 4.99. The number of carbonyl (C=O) groups excluding carboxylic acids is 1. The van der Waals surface area contributed by atoms with Crippen molar-refractivity contribution in [3.63, 3.8) is 0 Å². The summed E-state index contributed by atoms with van der Waals surface area (Å²) < 4.78 is 98.2. The number of nitrogens with zero attached hydrogens (tertiary/aromatic N) is 4. The van der Waals surface area contributed by atoms with E-state index >= 15 is 0 Å². The molecule has 4 aromatic rings. The highest BCUT2D eigenvalue weighted by Gasteiger charge is 2.33. The fraction of sp³-hybridized carbons (Fsp3) is 0.120. The third-order valence-corrected chi connectivity index (χ3v) is 7.23. The molecule has 44 heavy (non-hydrogen) atoms. The van der Waals surface area contributed by atoms with E-state index in [1.165, 1.54) is 6.20 Å². The number of rotatable bonds is 8. The molecule has 0 saturated heterocycles. The number of hydrogen-bond acceptors (Lipinski definition) is 11. The summed E-state index contributed by atoms with van der Waals surface area (Å²) in [6.45, 7) is 0. The monoisotopic (exact) mass is 672 g/mol. The van der Waals surface area contributed by atoms with Gasteiger partial charge >= 0.3 is 18.2 Å². The van der Waals surface area contributed by atoms with Crippen LogP contribution in [0.1, 0.15) is 5.56 Å². The van der Waals surface area contributed by atoms with E-state index in [2.05, 4.69) is 19.2 Å². The second-order valence-electron chi connectivity index (χ2n) is 8.92. The van der Waals surface area contributed by atoms with E-state index in [4.69, 9.17) is 22.1 Å². The van der Waals surface area contributed by atoms with Crippen LogP contribution in [-0.4, -0.2) is 50.3 Å². The molecular formula is C25H20ClF3N6O7S2. The minimum absolute atomic E-state index is 0.115. The molecule has 4 rings (SSSR count). The molecule has 0 fully saturated rings. The molecule has 2 heterocycles. The van der Waals surface area contributed by atoms with Crippen molar-refractivity contribution in [3.05, 3.63) is 77.7 Å². The van der Waals surface area contributed by atoms with Crippen molar-refractivity contribution in [2.45, 2.75) is 11.1 Å². The van der Waals surface area contributed by atoms with Gasteiger partial charge in [0.15, 0.2) is 9.84 Å². The maximum atomic E-state index is 13.3. The number of anilines is 3. The summed E-state index contributed by atoms with van der Waals surface area (Å²) in [5.41, 5.74) is 4.70. The molecule has 0 aliphatic carbocycles. The molecule has 0 unspecified atom stereocenters. The number of nitrogens with one attached hydrogen (secondary N) is 1. The van der Waals surface area contributed by atoms with Crippen LogP contribution in [0.3, 0.4) is 0 Å². The van der Waals surface area contributed by atoms with E-state index in [0.717, 1.165) is 12.4 Å². The van der Waals surface area contributed by atoms with Gasteiger partial charge in [-0.05, 0) is 42.0 Å². The van der Waals surface area contributed by atoms with Crippen LogP contribution in [-0.2, 0) is 30.4 Å². The van der Waals surface area contributed by atoms with E-state index in [1.54, 1.807) is 30.3 Å². The Morgan fingerprint density at radius 1 is 0.955 bits per heavy atom. The third kappa shape index (κ3) is 8.10. The standard InChI is InChI=1S/C25H20ClF3N6O7S2/c1-43(37,38)21-8-5-15(25(27,28)29)9-20(21)34-24(36)35(42-44(2,39)40)17-12-32-23(33-13-17)41-18-6-3-14(4-7-18)19-10-16(26)11-31-22(19)30/h3-13H,1-2H3,(H2,30,31)(H,34,36). The molecule has 2 aromatic heterocycles. The highest BCUT2D eigenvalue weighted by atomic mass is 35.5. The number of nitrogens with two attached hydrogens (primary N) is 1. The van der Waals surface area contributed by atoms with Gasteiger partial charge in [0, 0.05) is 18.0 Å². The van der Waals surface area contributed by atoms with E-state index < -0.39 is 54.0 Å². The smallest absolute Gasteiger partial charge is 0.416 e. The van der Waals surface area contributed by atoms with Crippen molar-refractivity contribution in [1.29, 1.82) is 0 Å². The van der Waals surface area contributed by atoms with Gasteiger partial charge in [-0.1, -0.05) is 23.7 Å². The minimum Gasteiger partial charge on any atom is -0.424 e. The van der Waals surface area contributed by atoms with Gasteiger partial charge in [-0.2, -0.15) is 21.6 Å². The molecule has 13 nitrogen and oxygen atoms in total. The first kappa shape index (κ1) is 32.4. The van der Waals surface area contributed by atoms with Gasteiger partial charge in [-0.15, -0.1) is 9.35 Å². The lowest BCUT2D eigenvalue weighted by Crippen LogP contribution is -2.37. The van der Waals surface area contributed by atoms with Gasteiger partial charge in [0.2, 0.25) is 0 Å². The summed E-state index contributed by atoms with van der Waals surface area (Å²) in [4.78, 5) is 24.2. The van der Waals surface area contributed by atoms with E-state index in [1.807, 2.05) is 5.32 Å². The van der Waals surface area contributed by atoms with Gasteiger partial charge < -0.3 is 15.8 Å². The largest absolute Gasteiger partial charge is 0.424 e. The SMILES string of the molecule is CS(=O)(=O)ON(C(=O)Nc1cc(C(F)(F)F)ccc1S(C)(=O)=O)c1cnc(Oc2ccc(-c3cc(Cl)cnc3N)cc2)nc1. The number of halogens is 4. The van der Waals surface area contributed by atoms with E-state index in [-0.39, 0.29) is 22.6 Å². The van der Waals surface area contributed by atoms with Gasteiger partial charge in [0.25, 0.3) is 10.1 Å². The Morgan fingerprint density at radius 3 is 2.16 bits per heavy atom. The first-order chi connectivity index (χ1) is 20.4. The number of ether oxygens (including phenoxy) is 1. The summed E-state index contributed by atoms with van der Waals surface area (Å²) in [5.74, 6) is 0.530. The normalized spacial score (nSPS) is 12.0. The topological polar surface area (TPSA) is 184 Å². The minimum atomic E-state index is -4.89. The van der Waals surface area contributed by atoms with Crippen LogP contribution in [0.4, 0.5) is 35.2 Å². The second-order valence-corrected chi connectivity index (χ2v) is 12.9. The Labute approximate surface area is 253 Å². The Morgan fingerprint density at radius 2 is 1.59 bits per heavy atom. The summed E-state index contributed by atoms with van der Waals surface area (Å²) in [6, 6.07) is 7.90. The number of hydrogen-bond donors (Lipinski definition) is 2. The van der Waals surface area contributed by atoms with Gasteiger partial charge in [-0.25, -0.2) is 28.2 Å². The molecule has 2 aromatic carbocycles. The van der Waals surface area contributed by atoms with Gasteiger partial charge in [-0.3, -0.25) is 0 Å². The summed E-state index contributed by atoms with van der Waals surface area (Å²) in [6.07, 6.45) is -0.341. The highest BCUT2D eigenvalue weighted by Crippen LogP contribution is 2.34. The molecular weight excluding hydrogens is 653 g/mol. The van der Waals surface area contributed by atoms with Crippen LogP contribution in [0.15, 0.2) is 72.0 Å². The van der Waals surface area contributed by atoms with E-state index in [9.17, 15) is 34.8 Å². The number of urea groups is 1. The van der Waals surface area contributed by atoms with Gasteiger partial charge in [0.1, 0.15) is 17.3 Å². The number of sulfone groups is 1. The summed E-state index contributed by atoms with van der Waals surface area (Å²) in [7, 11) is -8.55. The number of pyridine rings is 1. The van der Waals surface area contributed by atoms with Crippen molar-refractivity contribution >= 4 is 54.8 Å². The van der Waals surface area contributed by atoms with Crippen LogP contribution in [0.2, 0.25) is 5.02 Å². The molecule has 0 saturated carbocycles. The van der Waals surface area contributed by atoms with Crippen molar-refractivity contribution in [2.75, 3.05) is 28.6 Å². The molecule has 232 valence electrons. The average Bonchev–Trinajstić information content (AvgIpc) is 2.92. The number of aromatic nitrogens is 3. The first-order valence-corrected chi connectivity index (χ1v) is 15.9. The zero-order valence-corrected chi connectivity index (χ0v) is 24.8. The number of nitrogen functional groups attached to an aromatic ring is 1. The Balaban J connectivity index is 1.58.